The van der Waals surface area contributed by atoms with Crippen molar-refractivity contribution in [3.8, 4) is 0 Å². The van der Waals surface area contributed by atoms with Crippen LogP contribution >= 0.6 is 11.8 Å². The van der Waals surface area contributed by atoms with Crippen LogP contribution < -0.4 is 4.90 Å². The molecule has 0 unspecified atom stereocenters. The average molecular weight is 285 g/mol. The summed E-state index contributed by atoms with van der Waals surface area (Å²) >= 11 is 1.38. The third kappa shape index (κ3) is 2.54. The first-order valence-electron chi connectivity index (χ1n) is 6.55. The Bertz CT molecular complexity index is 618. The fraction of sp³-hybridized carbons (Fsp3) is 0.267. The van der Waals surface area contributed by atoms with Gasteiger partial charge < -0.3 is 4.90 Å². The van der Waals surface area contributed by atoms with Crippen LogP contribution in [-0.2, 0) is 11.2 Å². The van der Waals surface area contributed by atoms with E-state index in [9.17, 15) is 4.79 Å². The Balaban J connectivity index is 1.71. The molecular formula is C15H15N3OS. The van der Waals surface area contributed by atoms with Crippen LogP contribution in [0.3, 0.4) is 0 Å². The van der Waals surface area contributed by atoms with Crippen molar-refractivity contribution in [3.63, 3.8) is 0 Å². The zero-order valence-electron chi connectivity index (χ0n) is 11.2. The van der Waals surface area contributed by atoms with E-state index < -0.39 is 0 Å². The predicted molar refractivity (Wildman–Crippen MR) is 79.9 cm³/mol. The van der Waals surface area contributed by atoms with E-state index in [4.69, 9.17) is 0 Å². The number of aromatic nitrogens is 2. The molecule has 102 valence electrons. The van der Waals surface area contributed by atoms with Gasteiger partial charge in [0.05, 0.1) is 5.75 Å². The minimum Gasteiger partial charge on any atom is -0.308 e. The highest BCUT2D eigenvalue weighted by atomic mass is 32.2. The van der Waals surface area contributed by atoms with Gasteiger partial charge >= 0.3 is 0 Å². The minimum atomic E-state index is 0.111. The predicted octanol–water partition coefficient (Wildman–Crippen LogP) is 2.55. The fourth-order valence-electron chi connectivity index (χ4n) is 2.50. The summed E-state index contributed by atoms with van der Waals surface area (Å²) < 4.78 is 0. The third-order valence-electron chi connectivity index (χ3n) is 3.34. The number of anilines is 1. The highest BCUT2D eigenvalue weighted by Gasteiger charge is 2.30. The fourth-order valence-corrected chi connectivity index (χ4v) is 3.16. The second-order valence-electron chi connectivity index (χ2n) is 4.77. The number of benzene rings is 1. The van der Waals surface area contributed by atoms with Crippen LogP contribution in [0.2, 0.25) is 0 Å². The Morgan fingerprint density at radius 1 is 1.30 bits per heavy atom. The number of carbonyl (C=O) groups is 1. The van der Waals surface area contributed by atoms with Crippen molar-refractivity contribution in [1.82, 2.24) is 9.97 Å². The maximum Gasteiger partial charge on any atom is 0.237 e. The van der Waals surface area contributed by atoms with Crippen LogP contribution in [0.25, 0.3) is 0 Å². The monoisotopic (exact) mass is 285 g/mol. The van der Waals surface area contributed by atoms with Gasteiger partial charge in [-0.2, -0.15) is 0 Å². The van der Waals surface area contributed by atoms with E-state index in [2.05, 4.69) is 23.0 Å². The van der Waals surface area contributed by atoms with Crippen molar-refractivity contribution in [2.75, 3.05) is 10.7 Å². The molecule has 2 heterocycles. The van der Waals surface area contributed by atoms with Gasteiger partial charge in [-0.15, -0.1) is 0 Å². The van der Waals surface area contributed by atoms with Crippen molar-refractivity contribution in [2.24, 2.45) is 0 Å². The topological polar surface area (TPSA) is 46.1 Å². The lowest BCUT2D eigenvalue weighted by atomic mass is 10.1. The summed E-state index contributed by atoms with van der Waals surface area (Å²) in [7, 11) is 0. The number of rotatable bonds is 3. The molecule has 3 rings (SSSR count). The molecule has 2 aromatic rings. The van der Waals surface area contributed by atoms with Gasteiger partial charge in [-0.3, -0.25) is 4.79 Å². The lowest BCUT2D eigenvalue weighted by Crippen LogP contribution is -2.37. The third-order valence-corrected chi connectivity index (χ3v) is 4.20. The molecular weight excluding hydrogens is 270 g/mol. The first-order valence-corrected chi connectivity index (χ1v) is 7.54. The first kappa shape index (κ1) is 13.1. The number of hydrogen-bond acceptors (Lipinski definition) is 4. The van der Waals surface area contributed by atoms with Crippen molar-refractivity contribution >= 4 is 23.4 Å². The van der Waals surface area contributed by atoms with E-state index >= 15 is 0 Å². The molecule has 1 aliphatic rings. The summed E-state index contributed by atoms with van der Waals surface area (Å²) in [6, 6.07) is 10.1. The average Bonchev–Trinajstić information content (AvgIpc) is 2.82. The summed E-state index contributed by atoms with van der Waals surface area (Å²) in [5.74, 6) is 0.475. The van der Waals surface area contributed by atoms with Crippen molar-refractivity contribution in [3.05, 3.63) is 48.3 Å². The Hall–Kier alpha value is -1.88. The van der Waals surface area contributed by atoms with Gasteiger partial charge in [0.15, 0.2) is 5.16 Å². The molecule has 0 spiro atoms. The van der Waals surface area contributed by atoms with Gasteiger partial charge in [0.2, 0.25) is 5.91 Å². The van der Waals surface area contributed by atoms with E-state index in [-0.39, 0.29) is 11.9 Å². The van der Waals surface area contributed by atoms with Gasteiger partial charge in [0.1, 0.15) is 0 Å². The van der Waals surface area contributed by atoms with Gasteiger partial charge in [0.25, 0.3) is 0 Å². The smallest absolute Gasteiger partial charge is 0.237 e. The molecule has 1 aromatic heterocycles. The van der Waals surface area contributed by atoms with Crippen molar-refractivity contribution < 1.29 is 4.79 Å². The van der Waals surface area contributed by atoms with Gasteiger partial charge in [-0.1, -0.05) is 30.0 Å². The molecule has 0 saturated carbocycles. The quantitative estimate of drug-likeness (QED) is 0.642. The Morgan fingerprint density at radius 2 is 2.05 bits per heavy atom. The molecule has 4 nitrogen and oxygen atoms in total. The van der Waals surface area contributed by atoms with E-state index in [0.29, 0.717) is 10.9 Å². The summed E-state index contributed by atoms with van der Waals surface area (Å²) in [6.07, 6.45) is 4.30. The standard InChI is InChI=1S/C15H15N3OS/c1-11-9-12-5-2-3-6-13(12)18(11)14(19)10-20-15-16-7-4-8-17-15/h2-8,11H,9-10H2,1H3/t11-/m0/s1. The van der Waals surface area contributed by atoms with Gasteiger partial charge in [0, 0.05) is 24.1 Å². The number of carbonyl (C=O) groups excluding carboxylic acids is 1. The molecule has 0 saturated heterocycles. The normalized spacial score (nSPS) is 17.1. The Labute approximate surface area is 122 Å². The van der Waals surface area contributed by atoms with Crippen LogP contribution in [0.4, 0.5) is 5.69 Å². The van der Waals surface area contributed by atoms with E-state index in [0.717, 1.165) is 12.1 Å². The molecule has 0 aliphatic carbocycles. The summed E-state index contributed by atoms with van der Waals surface area (Å²) in [4.78, 5) is 22.6. The lowest BCUT2D eigenvalue weighted by molar-refractivity contribution is -0.116. The molecule has 5 heteroatoms. The van der Waals surface area contributed by atoms with E-state index in [1.54, 1.807) is 18.5 Å². The molecule has 1 aliphatic heterocycles. The van der Waals surface area contributed by atoms with Crippen LogP contribution in [0.1, 0.15) is 12.5 Å². The second kappa shape index (κ2) is 5.63. The zero-order valence-corrected chi connectivity index (χ0v) is 12.0. The molecule has 1 amide bonds. The van der Waals surface area contributed by atoms with Crippen molar-refractivity contribution in [2.45, 2.75) is 24.5 Å². The number of para-hydroxylation sites is 1. The number of thioether (sulfide) groups is 1. The Morgan fingerprint density at radius 3 is 2.85 bits per heavy atom. The number of hydrogen-bond donors (Lipinski definition) is 0. The molecule has 20 heavy (non-hydrogen) atoms. The zero-order chi connectivity index (χ0) is 13.9. The molecule has 0 bridgehead atoms. The summed E-state index contributed by atoms with van der Waals surface area (Å²) in [5.41, 5.74) is 2.29. The number of nitrogens with zero attached hydrogens (tertiary/aromatic N) is 3. The highest BCUT2D eigenvalue weighted by molar-refractivity contribution is 7.99. The lowest BCUT2D eigenvalue weighted by Gasteiger charge is -2.22. The molecule has 0 fully saturated rings. The van der Waals surface area contributed by atoms with E-state index in [1.807, 2.05) is 23.1 Å². The Kier molecular flexibility index (Phi) is 3.69. The van der Waals surface area contributed by atoms with E-state index in [1.165, 1.54) is 17.3 Å². The highest BCUT2D eigenvalue weighted by Crippen LogP contribution is 2.32. The first-order chi connectivity index (χ1) is 9.75. The summed E-state index contributed by atoms with van der Waals surface area (Å²) in [6.45, 7) is 2.08. The molecule has 0 N–H and O–H groups in total. The van der Waals surface area contributed by atoms with Crippen molar-refractivity contribution in [1.29, 1.82) is 0 Å². The maximum absolute atomic E-state index is 12.4. The minimum absolute atomic E-state index is 0.111. The van der Waals surface area contributed by atoms with Crippen LogP contribution in [0, 0.1) is 0 Å². The van der Waals surface area contributed by atoms with Crippen LogP contribution in [-0.4, -0.2) is 27.7 Å². The summed E-state index contributed by atoms with van der Waals surface area (Å²) in [5, 5.41) is 0.640. The number of amides is 1. The molecule has 1 atom stereocenters. The molecule has 1 aromatic carbocycles. The largest absolute Gasteiger partial charge is 0.308 e. The SMILES string of the molecule is C[C@H]1Cc2ccccc2N1C(=O)CSc1ncccn1. The van der Waals surface area contributed by atoms with Crippen LogP contribution in [0.5, 0.6) is 0 Å². The van der Waals surface area contributed by atoms with Gasteiger partial charge in [-0.05, 0) is 31.0 Å². The molecule has 0 radical (unpaired) electrons. The second-order valence-corrected chi connectivity index (χ2v) is 5.71. The maximum atomic E-state index is 12.4. The number of fused-ring (bicyclic) bond motifs is 1. The van der Waals surface area contributed by atoms with Gasteiger partial charge in [-0.25, -0.2) is 9.97 Å². The van der Waals surface area contributed by atoms with Crippen LogP contribution in [0.15, 0.2) is 47.9 Å².